The fourth-order valence-electron chi connectivity index (χ4n) is 2.72. The Morgan fingerprint density at radius 1 is 1.35 bits per heavy atom. The lowest BCUT2D eigenvalue weighted by Gasteiger charge is -2.20. The van der Waals surface area contributed by atoms with E-state index < -0.39 is 0 Å². The predicted octanol–water partition coefficient (Wildman–Crippen LogP) is 3.16. The van der Waals surface area contributed by atoms with Crippen molar-refractivity contribution >= 4 is 11.5 Å². The van der Waals surface area contributed by atoms with Crippen LogP contribution in [0.5, 0.6) is 0 Å². The molecule has 1 aromatic carbocycles. The summed E-state index contributed by atoms with van der Waals surface area (Å²) in [6, 6.07) is 10.1. The van der Waals surface area contributed by atoms with E-state index in [1.165, 1.54) is 16.8 Å². The summed E-state index contributed by atoms with van der Waals surface area (Å²) in [6.07, 6.45) is 2.85. The number of carbonyl (C=O) groups is 1. The molecule has 102 valence electrons. The first-order valence-corrected chi connectivity index (χ1v) is 6.94. The maximum atomic E-state index is 11.4. The molecule has 3 rings (SSSR count). The molecule has 0 radical (unpaired) electrons. The summed E-state index contributed by atoms with van der Waals surface area (Å²) in [5.74, 6) is 0.131. The number of rotatable bonds is 3. The monoisotopic (exact) mass is 266 g/mol. The second kappa shape index (κ2) is 5.08. The zero-order chi connectivity index (χ0) is 14.1. The van der Waals surface area contributed by atoms with E-state index in [0.717, 1.165) is 30.8 Å². The second-order valence-electron chi connectivity index (χ2n) is 5.34. The van der Waals surface area contributed by atoms with Gasteiger partial charge in [0.1, 0.15) is 0 Å². The van der Waals surface area contributed by atoms with Gasteiger partial charge in [0.05, 0.1) is 12.2 Å². The molecule has 0 atom stereocenters. The van der Waals surface area contributed by atoms with Crippen LogP contribution in [0.4, 0.5) is 5.69 Å². The van der Waals surface area contributed by atoms with Gasteiger partial charge in [0.15, 0.2) is 5.78 Å². The zero-order valence-electron chi connectivity index (χ0n) is 11.9. The van der Waals surface area contributed by atoms with Crippen molar-refractivity contribution in [3.05, 3.63) is 58.9 Å². The number of anilines is 1. The molecular weight excluding hydrogens is 248 g/mol. The Morgan fingerprint density at radius 3 is 2.95 bits per heavy atom. The number of ketones is 1. The van der Waals surface area contributed by atoms with Crippen LogP contribution in [-0.2, 0) is 13.0 Å². The highest BCUT2D eigenvalue weighted by Gasteiger charge is 2.20. The number of hydrogen-bond acceptors (Lipinski definition) is 3. The standard InChI is InChI=1S/C17H18N2O/c1-12-4-3-8-18-16(12)11-19-9-7-15-10-14(13(2)20)5-6-17(15)19/h3-6,8,10H,7,9,11H2,1-2H3. The van der Waals surface area contributed by atoms with E-state index >= 15 is 0 Å². The average Bonchev–Trinajstić information content (AvgIpc) is 2.84. The molecule has 3 nitrogen and oxygen atoms in total. The molecule has 0 unspecified atom stereocenters. The number of hydrogen-bond donors (Lipinski definition) is 0. The van der Waals surface area contributed by atoms with Crippen molar-refractivity contribution in [1.82, 2.24) is 4.98 Å². The maximum absolute atomic E-state index is 11.4. The maximum Gasteiger partial charge on any atom is 0.159 e. The van der Waals surface area contributed by atoms with Crippen LogP contribution in [0.15, 0.2) is 36.5 Å². The van der Waals surface area contributed by atoms with Gasteiger partial charge >= 0.3 is 0 Å². The highest BCUT2D eigenvalue weighted by molar-refractivity contribution is 5.94. The highest BCUT2D eigenvalue weighted by atomic mass is 16.1. The quantitative estimate of drug-likeness (QED) is 0.800. The molecule has 0 amide bonds. The lowest BCUT2D eigenvalue weighted by molar-refractivity contribution is 0.101. The molecule has 0 saturated carbocycles. The van der Waals surface area contributed by atoms with Crippen LogP contribution in [0.2, 0.25) is 0 Å². The van der Waals surface area contributed by atoms with Crippen molar-refractivity contribution in [3.8, 4) is 0 Å². The van der Waals surface area contributed by atoms with E-state index in [0.29, 0.717) is 0 Å². The number of carbonyl (C=O) groups excluding carboxylic acids is 1. The van der Waals surface area contributed by atoms with Gasteiger partial charge in [-0.2, -0.15) is 0 Å². The zero-order valence-corrected chi connectivity index (χ0v) is 11.9. The third-order valence-electron chi connectivity index (χ3n) is 3.94. The molecule has 1 aliphatic heterocycles. The third kappa shape index (κ3) is 2.31. The van der Waals surface area contributed by atoms with Crippen LogP contribution in [-0.4, -0.2) is 17.3 Å². The van der Waals surface area contributed by atoms with Crippen molar-refractivity contribution in [2.24, 2.45) is 0 Å². The molecule has 0 bridgehead atoms. The van der Waals surface area contributed by atoms with Gasteiger partial charge in [-0.15, -0.1) is 0 Å². The van der Waals surface area contributed by atoms with Crippen molar-refractivity contribution in [2.45, 2.75) is 26.8 Å². The average molecular weight is 266 g/mol. The van der Waals surface area contributed by atoms with E-state index in [4.69, 9.17) is 0 Å². The predicted molar refractivity (Wildman–Crippen MR) is 80.2 cm³/mol. The van der Waals surface area contributed by atoms with Crippen LogP contribution in [0.25, 0.3) is 0 Å². The van der Waals surface area contributed by atoms with Crippen molar-refractivity contribution < 1.29 is 4.79 Å². The molecule has 2 aromatic rings. The minimum atomic E-state index is 0.131. The van der Waals surface area contributed by atoms with E-state index in [2.05, 4.69) is 28.9 Å². The summed E-state index contributed by atoms with van der Waals surface area (Å²) in [7, 11) is 0. The van der Waals surface area contributed by atoms with Gasteiger partial charge in [-0.05, 0) is 55.7 Å². The second-order valence-corrected chi connectivity index (χ2v) is 5.34. The summed E-state index contributed by atoms with van der Waals surface area (Å²) in [5.41, 5.74) is 5.66. The number of aryl methyl sites for hydroxylation is 1. The van der Waals surface area contributed by atoms with Crippen LogP contribution < -0.4 is 4.90 Å². The fourth-order valence-corrected chi connectivity index (χ4v) is 2.72. The molecule has 1 aliphatic rings. The van der Waals surface area contributed by atoms with Crippen molar-refractivity contribution in [2.75, 3.05) is 11.4 Å². The largest absolute Gasteiger partial charge is 0.365 e. The SMILES string of the molecule is CC(=O)c1ccc2c(c1)CCN2Cc1ncccc1C. The normalized spacial score (nSPS) is 13.4. The highest BCUT2D eigenvalue weighted by Crippen LogP contribution is 2.30. The number of benzene rings is 1. The smallest absolute Gasteiger partial charge is 0.159 e. The van der Waals surface area contributed by atoms with Gasteiger partial charge in [-0.1, -0.05) is 6.07 Å². The van der Waals surface area contributed by atoms with Crippen molar-refractivity contribution in [1.29, 1.82) is 0 Å². The minimum absolute atomic E-state index is 0.131. The summed E-state index contributed by atoms with van der Waals surface area (Å²) >= 11 is 0. The van der Waals surface area contributed by atoms with Crippen LogP contribution >= 0.6 is 0 Å². The topological polar surface area (TPSA) is 33.2 Å². The summed E-state index contributed by atoms with van der Waals surface area (Å²) < 4.78 is 0. The van der Waals surface area contributed by atoms with E-state index in [1.54, 1.807) is 6.92 Å². The molecule has 0 N–H and O–H groups in total. The molecule has 3 heteroatoms. The van der Waals surface area contributed by atoms with Crippen LogP contribution in [0.3, 0.4) is 0 Å². The minimum Gasteiger partial charge on any atom is -0.365 e. The molecule has 20 heavy (non-hydrogen) atoms. The molecular formula is C17H18N2O. The molecule has 0 spiro atoms. The van der Waals surface area contributed by atoms with E-state index in [-0.39, 0.29) is 5.78 Å². The van der Waals surface area contributed by atoms with Gasteiger partial charge in [0, 0.05) is 24.0 Å². The Bertz CT molecular complexity index is 664. The Hall–Kier alpha value is -2.16. The molecule has 0 fully saturated rings. The van der Waals surface area contributed by atoms with E-state index in [1.807, 2.05) is 24.4 Å². The van der Waals surface area contributed by atoms with Gasteiger partial charge in [0.25, 0.3) is 0 Å². The lowest BCUT2D eigenvalue weighted by Crippen LogP contribution is -2.21. The molecule has 0 aliphatic carbocycles. The molecule has 1 aromatic heterocycles. The van der Waals surface area contributed by atoms with Crippen LogP contribution in [0, 0.1) is 6.92 Å². The Balaban J connectivity index is 1.87. The first-order valence-electron chi connectivity index (χ1n) is 6.94. The molecule has 2 heterocycles. The first-order chi connectivity index (χ1) is 9.65. The number of nitrogens with zero attached hydrogens (tertiary/aromatic N) is 2. The van der Waals surface area contributed by atoms with Gasteiger partial charge in [-0.25, -0.2) is 0 Å². The van der Waals surface area contributed by atoms with Gasteiger partial charge < -0.3 is 4.90 Å². The lowest BCUT2D eigenvalue weighted by atomic mass is 10.1. The Labute approximate surface area is 119 Å². The summed E-state index contributed by atoms with van der Waals surface area (Å²) in [4.78, 5) is 18.2. The molecule has 0 saturated heterocycles. The number of fused-ring (bicyclic) bond motifs is 1. The van der Waals surface area contributed by atoms with Gasteiger partial charge in [0.2, 0.25) is 0 Å². The Kier molecular flexibility index (Phi) is 3.26. The van der Waals surface area contributed by atoms with E-state index in [9.17, 15) is 4.79 Å². The Morgan fingerprint density at radius 2 is 2.20 bits per heavy atom. The van der Waals surface area contributed by atoms with Gasteiger partial charge in [-0.3, -0.25) is 9.78 Å². The fraction of sp³-hybridized carbons (Fsp3) is 0.294. The third-order valence-corrected chi connectivity index (χ3v) is 3.94. The summed E-state index contributed by atoms with van der Waals surface area (Å²) in [5, 5.41) is 0. The number of Topliss-reactive ketones (excluding diaryl/α,β-unsaturated/α-hetero) is 1. The number of aromatic nitrogens is 1. The first kappa shape index (κ1) is 12.9. The summed E-state index contributed by atoms with van der Waals surface area (Å²) in [6.45, 7) is 5.54. The number of pyridine rings is 1. The van der Waals surface area contributed by atoms with Crippen molar-refractivity contribution in [3.63, 3.8) is 0 Å². The van der Waals surface area contributed by atoms with Crippen LogP contribution in [0.1, 0.15) is 34.1 Å².